The second-order valence-electron chi connectivity index (χ2n) is 5.30. The molecular formula is C13H22N4O. The van der Waals surface area contributed by atoms with E-state index in [1.165, 1.54) is 0 Å². The lowest BCUT2D eigenvalue weighted by Gasteiger charge is -2.31. The molecule has 5 nitrogen and oxygen atoms in total. The fraction of sp³-hybridized carbons (Fsp3) is 0.846. The molecule has 2 fully saturated rings. The molecule has 0 bridgehead atoms. The van der Waals surface area contributed by atoms with Gasteiger partial charge in [-0.2, -0.15) is 5.26 Å². The molecule has 2 rings (SSSR count). The Morgan fingerprint density at radius 2 is 2.33 bits per heavy atom. The lowest BCUT2D eigenvalue weighted by Crippen LogP contribution is -2.45. The van der Waals surface area contributed by atoms with Crippen LogP contribution in [0.25, 0.3) is 0 Å². The number of hydrogen-bond donors (Lipinski definition) is 2. The zero-order valence-electron chi connectivity index (χ0n) is 10.8. The molecule has 1 amide bonds. The molecule has 0 radical (unpaired) electrons. The van der Waals surface area contributed by atoms with Gasteiger partial charge in [0.1, 0.15) is 0 Å². The van der Waals surface area contributed by atoms with Crippen LogP contribution in [0.5, 0.6) is 0 Å². The molecular weight excluding hydrogens is 228 g/mol. The Balaban J connectivity index is 1.69. The van der Waals surface area contributed by atoms with E-state index in [2.05, 4.69) is 21.6 Å². The van der Waals surface area contributed by atoms with Crippen molar-refractivity contribution in [3.63, 3.8) is 0 Å². The van der Waals surface area contributed by atoms with Crippen LogP contribution < -0.4 is 10.6 Å². The van der Waals surface area contributed by atoms with Gasteiger partial charge in [-0.25, -0.2) is 0 Å². The van der Waals surface area contributed by atoms with Crippen molar-refractivity contribution in [2.24, 2.45) is 5.92 Å². The van der Waals surface area contributed by atoms with Crippen molar-refractivity contribution in [2.75, 3.05) is 32.7 Å². The van der Waals surface area contributed by atoms with Crippen LogP contribution >= 0.6 is 0 Å². The van der Waals surface area contributed by atoms with Crippen molar-refractivity contribution in [3.05, 3.63) is 0 Å². The predicted octanol–water partition coefficient (Wildman–Crippen LogP) is 0.0902. The van der Waals surface area contributed by atoms with E-state index in [0.29, 0.717) is 12.5 Å². The second kappa shape index (κ2) is 6.72. The van der Waals surface area contributed by atoms with Crippen LogP contribution in [-0.2, 0) is 4.79 Å². The van der Waals surface area contributed by atoms with E-state index < -0.39 is 0 Å². The number of nitriles is 1. The molecule has 2 N–H and O–H groups in total. The second-order valence-corrected chi connectivity index (χ2v) is 5.30. The highest BCUT2D eigenvalue weighted by atomic mass is 16.2. The third-order valence-electron chi connectivity index (χ3n) is 3.84. The molecule has 2 aliphatic heterocycles. The molecule has 0 aliphatic carbocycles. The molecule has 5 heteroatoms. The summed E-state index contributed by atoms with van der Waals surface area (Å²) in [5.74, 6) is 0.641. The predicted molar refractivity (Wildman–Crippen MR) is 68.8 cm³/mol. The smallest absolute Gasteiger partial charge is 0.237 e. The third-order valence-corrected chi connectivity index (χ3v) is 3.84. The molecule has 0 aromatic carbocycles. The fourth-order valence-corrected chi connectivity index (χ4v) is 2.84. The van der Waals surface area contributed by atoms with Gasteiger partial charge in [0.25, 0.3) is 0 Å². The largest absolute Gasteiger partial charge is 0.354 e. The average molecular weight is 250 g/mol. The molecule has 2 atom stereocenters. The number of hydrogen-bond acceptors (Lipinski definition) is 4. The van der Waals surface area contributed by atoms with Crippen molar-refractivity contribution in [1.29, 1.82) is 5.26 Å². The summed E-state index contributed by atoms with van der Waals surface area (Å²) in [4.78, 5) is 14.0. The molecule has 100 valence electrons. The highest BCUT2D eigenvalue weighted by molar-refractivity contribution is 5.81. The van der Waals surface area contributed by atoms with Crippen LogP contribution in [0.2, 0.25) is 0 Å². The van der Waals surface area contributed by atoms with Gasteiger partial charge in [0.2, 0.25) is 5.91 Å². The van der Waals surface area contributed by atoms with E-state index in [4.69, 9.17) is 5.26 Å². The number of likely N-dealkylation sites (tertiary alicyclic amines) is 1. The molecule has 2 heterocycles. The summed E-state index contributed by atoms with van der Waals surface area (Å²) in [6.45, 7) is 4.17. The van der Waals surface area contributed by atoms with Crippen molar-refractivity contribution in [3.8, 4) is 6.07 Å². The Labute approximate surface area is 109 Å². The molecule has 2 saturated heterocycles. The maximum atomic E-state index is 11.9. The zero-order valence-corrected chi connectivity index (χ0v) is 10.8. The minimum Gasteiger partial charge on any atom is -0.354 e. The Hall–Kier alpha value is -1.12. The van der Waals surface area contributed by atoms with Crippen molar-refractivity contribution >= 4 is 5.91 Å². The van der Waals surface area contributed by atoms with Crippen LogP contribution in [0.3, 0.4) is 0 Å². The van der Waals surface area contributed by atoms with Crippen molar-refractivity contribution in [1.82, 2.24) is 15.5 Å². The Bertz CT molecular complexity index is 319. The van der Waals surface area contributed by atoms with Gasteiger partial charge in [0.15, 0.2) is 0 Å². The number of piperidine rings is 1. The highest BCUT2D eigenvalue weighted by Crippen LogP contribution is 2.15. The Morgan fingerprint density at radius 3 is 3.06 bits per heavy atom. The normalized spacial score (nSPS) is 28.8. The maximum absolute atomic E-state index is 11.9. The lowest BCUT2D eigenvalue weighted by atomic mass is 9.98. The molecule has 0 aromatic rings. The standard InChI is InChI=1S/C13H22N4O/c14-5-8-17-7-2-3-11(10-17)9-16-13(18)12-4-1-6-15-12/h11-12,15H,1-4,6-10H2,(H,16,18). The quantitative estimate of drug-likeness (QED) is 0.694. The summed E-state index contributed by atoms with van der Waals surface area (Å²) >= 11 is 0. The van der Waals surface area contributed by atoms with Gasteiger partial charge in [-0.1, -0.05) is 0 Å². The monoisotopic (exact) mass is 250 g/mol. The van der Waals surface area contributed by atoms with Crippen LogP contribution in [0.15, 0.2) is 0 Å². The van der Waals surface area contributed by atoms with Gasteiger partial charge in [-0.05, 0) is 44.7 Å². The first-order chi connectivity index (χ1) is 8.79. The van der Waals surface area contributed by atoms with Crippen molar-refractivity contribution in [2.45, 2.75) is 31.7 Å². The minimum absolute atomic E-state index is 0.0174. The Kier molecular flexibility index (Phi) is 4.97. The minimum atomic E-state index is 0.0174. The van der Waals surface area contributed by atoms with E-state index in [-0.39, 0.29) is 11.9 Å². The molecule has 0 saturated carbocycles. The average Bonchev–Trinajstić information content (AvgIpc) is 2.91. The summed E-state index contributed by atoms with van der Waals surface area (Å²) in [7, 11) is 0. The summed E-state index contributed by atoms with van der Waals surface area (Å²) in [6.07, 6.45) is 4.33. The van der Waals surface area contributed by atoms with Gasteiger partial charge in [-0.15, -0.1) is 0 Å². The highest BCUT2D eigenvalue weighted by Gasteiger charge is 2.24. The van der Waals surface area contributed by atoms with E-state index >= 15 is 0 Å². The van der Waals surface area contributed by atoms with Crippen LogP contribution in [0.1, 0.15) is 25.7 Å². The topological polar surface area (TPSA) is 68.2 Å². The number of nitrogens with zero attached hydrogens (tertiary/aromatic N) is 2. The number of carbonyl (C=O) groups is 1. The first-order valence-corrected chi connectivity index (χ1v) is 6.90. The first kappa shape index (κ1) is 13.3. The number of carbonyl (C=O) groups excluding carboxylic acids is 1. The molecule has 0 aromatic heterocycles. The number of rotatable bonds is 4. The summed E-state index contributed by atoms with van der Waals surface area (Å²) < 4.78 is 0. The molecule has 2 aliphatic rings. The summed E-state index contributed by atoms with van der Waals surface area (Å²) in [5.41, 5.74) is 0. The molecule has 2 unspecified atom stereocenters. The summed E-state index contributed by atoms with van der Waals surface area (Å²) in [6, 6.07) is 2.21. The van der Waals surface area contributed by atoms with Gasteiger partial charge < -0.3 is 10.6 Å². The summed E-state index contributed by atoms with van der Waals surface area (Å²) in [5, 5.41) is 15.0. The SMILES string of the molecule is N#CCN1CCCC(CNC(=O)C2CCCN2)C1. The fourth-order valence-electron chi connectivity index (χ4n) is 2.84. The van der Waals surface area contributed by atoms with Gasteiger partial charge >= 0.3 is 0 Å². The number of amides is 1. The third kappa shape index (κ3) is 3.69. The maximum Gasteiger partial charge on any atom is 0.237 e. The van der Waals surface area contributed by atoms with Crippen molar-refractivity contribution < 1.29 is 4.79 Å². The van der Waals surface area contributed by atoms with Crippen LogP contribution in [-0.4, -0.2) is 49.6 Å². The van der Waals surface area contributed by atoms with E-state index in [1.54, 1.807) is 0 Å². The molecule has 18 heavy (non-hydrogen) atoms. The number of nitrogens with one attached hydrogen (secondary N) is 2. The zero-order chi connectivity index (χ0) is 12.8. The van der Waals surface area contributed by atoms with Gasteiger partial charge in [0, 0.05) is 13.1 Å². The van der Waals surface area contributed by atoms with Gasteiger partial charge in [0.05, 0.1) is 18.7 Å². The first-order valence-electron chi connectivity index (χ1n) is 6.90. The van der Waals surface area contributed by atoms with Crippen LogP contribution in [0, 0.1) is 17.2 Å². The Morgan fingerprint density at radius 1 is 1.44 bits per heavy atom. The van der Waals surface area contributed by atoms with Gasteiger partial charge in [-0.3, -0.25) is 9.69 Å². The van der Waals surface area contributed by atoms with E-state index in [1.807, 2.05) is 0 Å². The van der Waals surface area contributed by atoms with E-state index in [9.17, 15) is 4.79 Å². The van der Waals surface area contributed by atoms with Crippen LogP contribution in [0.4, 0.5) is 0 Å². The van der Waals surface area contributed by atoms with E-state index in [0.717, 1.165) is 51.9 Å². The molecule has 0 spiro atoms. The lowest BCUT2D eigenvalue weighted by molar-refractivity contribution is -0.123.